The molecule has 0 aliphatic carbocycles. The van der Waals surface area contributed by atoms with Crippen LogP contribution in [0.3, 0.4) is 0 Å². The summed E-state index contributed by atoms with van der Waals surface area (Å²) < 4.78 is 62.0. The molecule has 40 heavy (non-hydrogen) atoms. The van der Waals surface area contributed by atoms with Crippen molar-refractivity contribution < 1.29 is 26.4 Å². The standard InChI is InChI=1S/C29H29N3O6S2/c1-19-15-20(2)17-25(16-19)32-40(36,37)28-18-22(6-5-21(28)3)29(33)30-23-9-13-27(14-10-23)39(34,35)31-24-7-11-26(38-4)12-8-24/h5-18,31-32H,1-4H3,(H,30,33). The van der Waals surface area contributed by atoms with Crippen molar-refractivity contribution in [2.45, 2.75) is 30.6 Å². The highest BCUT2D eigenvalue weighted by Crippen LogP contribution is 2.24. The molecule has 0 aromatic heterocycles. The Labute approximate surface area is 234 Å². The Morgan fingerprint density at radius 2 is 1.23 bits per heavy atom. The third-order valence-electron chi connectivity index (χ3n) is 5.98. The minimum absolute atomic E-state index is 0.00231. The predicted molar refractivity (Wildman–Crippen MR) is 156 cm³/mol. The molecule has 0 aliphatic rings. The van der Waals surface area contributed by atoms with Crippen LogP contribution in [0.2, 0.25) is 0 Å². The molecule has 1 amide bonds. The van der Waals surface area contributed by atoms with Gasteiger partial charge in [-0.2, -0.15) is 0 Å². The van der Waals surface area contributed by atoms with E-state index in [1.54, 1.807) is 49.4 Å². The number of hydrogen-bond acceptors (Lipinski definition) is 6. The molecule has 0 aliphatic heterocycles. The van der Waals surface area contributed by atoms with E-state index >= 15 is 0 Å². The number of aryl methyl sites for hydroxylation is 3. The summed E-state index contributed by atoms with van der Waals surface area (Å²) in [6.45, 7) is 5.40. The first kappa shape index (κ1) is 28.7. The zero-order valence-corrected chi connectivity index (χ0v) is 24.0. The number of nitrogens with one attached hydrogen (secondary N) is 3. The van der Waals surface area contributed by atoms with Crippen molar-refractivity contribution in [3.8, 4) is 5.75 Å². The Hall–Kier alpha value is -4.35. The molecule has 0 spiro atoms. The van der Waals surface area contributed by atoms with Gasteiger partial charge >= 0.3 is 0 Å². The van der Waals surface area contributed by atoms with Crippen molar-refractivity contribution in [1.82, 2.24) is 0 Å². The van der Waals surface area contributed by atoms with E-state index in [1.807, 2.05) is 19.9 Å². The second-order valence-corrected chi connectivity index (χ2v) is 12.6. The molecule has 3 N–H and O–H groups in total. The van der Waals surface area contributed by atoms with E-state index in [4.69, 9.17) is 4.74 Å². The van der Waals surface area contributed by atoms with Crippen LogP contribution in [0.5, 0.6) is 5.75 Å². The van der Waals surface area contributed by atoms with Gasteiger partial charge in [0.05, 0.1) is 16.9 Å². The first-order chi connectivity index (χ1) is 18.9. The van der Waals surface area contributed by atoms with Crippen LogP contribution in [-0.4, -0.2) is 29.9 Å². The quantitative estimate of drug-likeness (QED) is 0.241. The third kappa shape index (κ3) is 6.80. The maximum Gasteiger partial charge on any atom is 0.262 e. The zero-order chi connectivity index (χ0) is 29.1. The smallest absolute Gasteiger partial charge is 0.262 e. The van der Waals surface area contributed by atoms with Gasteiger partial charge in [0.25, 0.3) is 26.0 Å². The highest BCUT2D eigenvalue weighted by Gasteiger charge is 2.20. The summed E-state index contributed by atoms with van der Waals surface area (Å²) in [5.74, 6) is 0.0498. The fraction of sp³-hybridized carbons (Fsp3) is 0.138. The van der Waals surface area contributed by atoms with Crippen molar-refractivity contribution >= 4 is 43.0 Å². The molecular formula is C29H29N3O6S2. The molecule has 0 saturated heterocycles. The van der Waals surface area contributed by atoms with Gasteiger partial charge in [-0.05, 0) is 110 Å². The largest absolute Gasteiger partial charge is 0.497 e. The van der Waals surface area contributed by atoms with E-state index < -0.39 is 26.0 Å². The van der Waals surface area contributed by atoms with Crippen molar-refractivity contribution in [2.24, 2.45) is 0 Å². The molecule has 4 aromatic rings. The van der Waals surface area contributed by atoms with Gasteiger partial charge in [0.15, 0.2) is 0 Å². The molecule has 11 heteroatoms. The van der Waals surface area contributed by atoms with E-state index in [1.165, 1.54) is 43.5 Å². The summed E-state index contributed by atoms with van der Waals surface area (Å²) in [5, 5.41) is 2.68. The van der Waals surface area contributed by atoms with Crippen molar-refractivity contribution in [3.05, 3.63) is 107 Å². The first-order valence-corrected chi connectivity index (χ1v) is 15.1. The Morgan fingerprint density at radius 1 is 0.650 bits per heavy atom. The molecule has 0 saturated carbocycles. The molecule has 0 atom stereocenters. The van der Waals surface area contributed by atoms with Gasteiger partial charge in [-0.1, -0.05) is 12.1 Å². The SMILES string of the molecule is COc1ccc(NS(=O)(=O)c2ccc(NC(=O)c3ccc(C)c(S(=O)(=O)Nc4cc(C)cc(C)c4)c3)cc2)cc1. The first-order valence-electron chi connectivity index (χ1n) is 12.2. The third-order valence-corrected chi connectivity index (χ3v) is 8.90. The lowest BCUT2D eigenvalue weighted by Crippen LogP contribution is -2.17. The molecule has 208 valence electrons. The number of rotatable bonds is 9. The summed E-state index contributed by atoms with van der Waals surface area (Å²) in [5.41, 5.74) is 3.58. The fourth-order valence-electron chi connectivity index (χ4n) is 4.07. The maximum absolute atomic E-state index is 13.2. The van der Waals surface area contributed by atoms with Crippen LogP contribution in [0.1, 0.15) is 27.0 Å². The van der Waals surface area contributed by atoms with E-state index in [2.05, 4.69) is 14.8 Å². The summed E-state index contributed by atoms with van der Waals surface area (Å²) >= 11 is 0. The summed E-state index contributed by atoms with van der Waals surface area (Å²) in [6.07, 6.45) is 0. The van der Waals surface area contributed by atoms with Crippen LogP contribution in [0.25, 0.3) is 0 Å². The highest BCUT2D eigenvalue weighted by atomic mass is 32.2. The number of amides is 1. The molecule has 0 bridgehead atoms. The van der Waals surface area contributed by atoms with Crippen molar-refractivity contribution in [1.29, 1.82) is 0 Å². The lowest BCUT2D eigenvalue weighted by atomic mass is 10.1. The number of sulfonamides is 2. The topological polar surface area (TPSA) is 131 Å². The van der Waals surface area contributed by atoms with Gasteiger partial charge < -0.3 is 10.1 Å². The lowest BCUT2D eigenvalue weighted by molar-refractivity contribution is 0.102. The molecule has 4 aromatic carbocycles. The van der Waals surface area contributed by atoms with E-state index in [9.17, 15) is 21.6 Å². The Balaban J connectivity index is 1.49. The van der Waals surface area contributed by atoms with Gasteiger partial charge in [-0.25, -0.2) is 16.8 Å². The number of ether oxygens (including phenoxy) is 1. The molecule has 0 fully saturated rings. The Morgan fingerprint density at radius 3 is 1.82 bits per heavy atom. The normalized spacial score (nSPS) is 11.5. The van der Waals surface area contributed by atoms with Crippen LogP contribution in [0, 0.1) is 20.8 Å². The van der Waals surface area contributed by atoms with Gasteiger partial charge in [0, 0.05) is 22.6 Å². The lowest BCUT2D eigenvalue weighted by Gasteiger charge is -2.13. The van der Waals surface area contributed by atoms with E-state index in [0.717, 1.165) is 11.1 Å². The van der Waals surface area contributed by atoms with Crippen LogP contribution in [0.4, 0.5) is 17.1 Å². The van der Waals surface area contributed by atoms with Crippen molar-refractivity contribution in [2.75, 3.05) is 21.9 Å². The monoisotopic (exact) mass is 579 g/mol. The van der Waals surface area contributed by atoms with Gasteiger partial charge in [0.1, 0.15) is 5.75 Å². The van der Waals surface area contributed by atoms with E-state index in [0.29, 0.717) is 28.4 Å². The summed E-state index contributed by atoms with van der Waals surface area (Å²) in [7, 11) is -6.32. The second kappa shape index (κ2) is 11.4. The van der Waals surface area contributed by atoms with Gasteiger partial charge in [-0.3, -0.25) is 14.2 Å². The molecule has 0 radical (unpaired) electrons. The minimum Gasteiger partial charge on any atom is -0.497 e. The zero-order valence-electron chi connectivity index (χ0n) is 22.3. The molecule has 0 unspecified atom stereocenters. The van der Waals surface area contributed by atoms with Crippen molar-refractivity contribution in [3.63, 3.8) is 0 Å². The Kier molecular flexibility index (Phi) is 8.17. The molecule has 0 heterocycles. The summed E-state index contributed by atoms with van der Waals surface area (Å²) in [4.78, 5) is 12.9. The molecular weight excluding hydrogens is 550 g/mol. The van der Waals surface area contributed by atoms with Gasteiger partial charge in [0.2, 0.25) is 0 Å². The number of carbonyl (C=O) groups is 1. The van der Waals surface area contributed by atoms with Crippen LogP contribution in [0.15, 0.2) is 94.7 Å². The fourth-order valence-corrected chi connectivity index (χ4v) is 6.44. The van der Waals surface area contributed by atoms with Crippen LogP contribution in [-0.2, 0) is 20.0 Å². The van der Waals surface area contributed by atoms with Crippen LogP contribution < -0.4 is 19.5 Å². The number of carbonyl (C=O) groups excluding carboxylic acids is 1. The highest BCUT2D eigenvalue weighted by molar-refractivity contribution is 7.93. The minimum atomic E-state index is -3.97. The van der Waals surface area contributed by atoms with Crippen LogP contribution >= 0.6 is 0 Å². The average Bonchev–Trinajstić information content (AvgIpc) is 2.88. The Bertz CT molecular complexity index is 1750. The number of benzene rings is 4. The number of methoxy groups -OCH3 is 1. The molecule has 9 nitrogen and oxygen atoms in total. The summed E-state index contributed by atoms with van der Waals surface area (Å²) in [6, 6.07) is 21.9. The second-order valence-electron chi connectivity index (χ2n) is 9.27. The molecule has 4 rings (SSSR count). The van der Waals surface area contributed by atoms with Gasteiger partial charge in [-0.15, -0.1) is 0 Å². The number of anilines is 3. The predicted octanol–water partition coefficient (Wildman–Crippen LogP) is 5.47. The van der Waals surface area contributed by atoms with E-state index in [-0.39, 0.29) is 15.4 Å². The average molecular weight is 580 g/mol. The number of hydrogen-bond donors (Lipinski definition) is 3. The maximum atomic E-state index is 13.2.